The van der Waals surface area contributed by atoms with Crippen LogP contribution in [0.3, 0.4) is 0 Å². The van der Waals surface area contributed by atoms with Crippen LogP contribution in [0, 0.1) is 5.82 Å². The number of rotatable bonds is 8. The lowest BCUT2D eigenvalue weighted by molar-refractivity contribution is 0.261. The Morgan fingerprint density at radius 3 is 1.90 bits per heavy atom. The molecular formula is C26H28FNO2. The minimum atomic E-state index is -0.250. The summed E-state index contributed by atoms with van der Waals surface area (Å²) >= 11 is 0. The Bertz CT molecular complexity index is 975. The highest BCUT2D eigenvalue weighted by Crippen LogP contribution is 2.35. The molecule has 3 aromatic rings. The molecule has 0 bridgehead atoms. The zero-order valence-electron chi connectivity index (χ0n) is 17.7. The van der Waals surface area contributed by atoms with Gasteiger partial charge in [0.25, 0.3) is 0 Å². The number of allylic oxidation sites excluding steroid dienone is 1. The van der Waals surface area contributed by atoms with E-state index < -0.39 is 0 Å². The molecule has 0 aliphatic rings. The Morgan fingerprint density at radius 2 is 1.37 bits per heavy atom. The van der Waals surface area contributed by atoms with E-state index in [1.165, 1.54) is 12.1 Å². The molecule has 4 heteroatoms. The predicted molar refractivity (Wildman–Crippen MR) is 121 cm³/mol. The molecule has 0 aliphatic heterocycles. The van der Waals surface area contributed by atoms with E-state index >= 15 is 0 Å². The van der Waals surface area contributed by atoms with Crippen LogP contribution in [-0.2, 0) is 0 Å². The molecule has 3 nitrogen and oxygen atoms in total. The summed E-state index contributed by atoms with van der Waals surface area (Å²) in [7, 11) is 4.03. The fourth-order valence-electron chi connectivity index (χ4n) is 3.38. The van der Waals surface area contributed by atoms with Crippen molar-refractivity contribution in [1.82, 2.24) is 4.90 Å². The largest absolute Gasteiger partial charge is 0.508 e. The Hall–Kier alpha value is -3.11. The molecule has 0 saturated carbocycles. The van der Waals surface area contributed by atoms with Crippen LogP contribution in [0.4, 0.5) is 4.39 Å². The minimum Gasteiger partial charge on any atom is -0.508 e. The monoisotopic (exact) mass is 405 g/mol. The first kappa shape index (κ1) is 21.6. The van der Waals surface area contributed by atoms with E-state index in [0.29, 0.717) is 6.61 Å². The fraction of sp³-hybridized carbons (Fsp3) is 0.231. The van der Waals surface area contributed by atoms with Gasteiger partial charge >= 0.3 is 0 Å². The van der Waals surface area contributed by atoms with Gasteiger partial charge in [-0.15, -0.1) is 0 Å². The molecule has 0 atom stereocenters. The summed E-state index contributed by atoms with van der Waals surface area (Å²) in [5, 5.41) is 9.73. The van der Waals surface area contributed by atoms with Gasteiger partial charge in [-0.1, -0.05) is 43.3 Å². The predicted octanol–water partition coefficient (Wildman–Crippen LogP) is 5.84. The molecule has 0 heterocycles. The number of nitrogens with zero attached hydrogens (tertiary/aromatic N) is 1. The Balaban J connectivity index is 2.03. The Kier molecular flexibility index (Phi) is 7.26. The van der Waals surface area contributed by atoms with E-state index in [0.717, 1.165) is 46.6 Å². The van der Waals surface area contributed by atoms with Crippen LogP contribution in [-0.4, -0.2) is 37.3 Å². The van der Waals surface area contributed by atoms with Crippen molar-refractivity contribution in [2.75, 3.05) is 27.2 Å². The van der Waals surface area contributed by atoms with Gasteiger partial charge in [0.1, 0.15) is 23.9 Å². The summed E-state index contributed by atoms with van der Waals surface area (Å²) in [4.78, 5) is 2.08. The second kappa shape index (κ2) is 10.1. The van der Waals surface area contributed by atoms with E-state index in [9.17, 15) is 9.50 Å². The standard InChI is InChI=1S/C26H28FNO2/c1-4-25(19-5-11-22(27)12-6-19)26(20-7-13-23(29)14-8-20)21-9-15-24(16-10-21)30-18-17-28(2)3/h5-16,29H,4,17-18H2,1-3H3/b26-25+. The molecule has 0 radical (unpaired) electrons. The smallest absolute Gasteiger partial charge is 0.123 e. The zero-order valence-corrected chi connectivity index (χ0v) is 17.7. The van der Waals surface area contributed by atoms with Crippen LogP contribution in [0.2, 0.25) is 0 Å². The molecule has 0 fully saturated rings. The molecule has 0 aromatic heterocycles. The third-order valence-electron chi connectivity index (χ3n) is 4.95. The van der Waals surface area contributed by atoms with Crippen molar-refractivity contribution in [1.29, 1.82) is 0 Å². The summed E-state index contributed by atoms with van der Waals surface area (Å²) in [5.74, 6) is 0.799. The SMILES string of the molecule is CC/C(=C(/c1ccc(O)cc1)c1ccc(OCCN(C)C)cc1)c1ccc(F)cc1. The van der Waals surface area contributed by atoms with Gasteiger partial charge in [-0.3, -0.25) is 0 Å². The van der Waals surface area contributed by atoms with Gasteiger partial charge in [0.05, 0.1) is 0 Å². The summed E-state index contributed by atoms with van der Waals surface area (Å²) in [6.07, 6.45) is 0.781. The summed E-state index contributed by atoms with van der Waals surface area (Å²) in [6.45, 7) is 3.57. The second-order valence-corrected chi connectivity index (χ2v) is 7.44. The summed E-state index contributed by atoms with van der Waals surface area (Å²) < 4.78 is 19.3. The van der Waals surface area contributed by atoms with Gasteiger partial charge in [-0.2, -0.15) is 0 Å². The average molecular weight is 406 g/mol. The van der Waals surface area contributed by atoms with Gasteiger partial charge in [-0.25, -0.2) is 4.39 Å². The molecular weight excluding hydrogens is 377 g/mol. The summed E-state index contributed by atoms with van der Waals surface area (Å²) in [5.41, 5.74) is 5.19. The molecule has 0 aliphatic carbocycles. The number of phenols is 1. The Morgan fingerprint density at radius 1 is 0.833 bits per heavy atom. The second-order valence-electron chi connectivity index (χ2n) is 7.44. The number of ether oxygens (including phenoxy) is 1. The molecule has 3 rings (SSSR count). The van der Waals surface area contributed by atoms with Crippen molar-refractivity contribution in [3.63, 3.8) is 0 Å². The highest BCUT2D eigenvalue weighted by atomic mass is 19.1. The molecule has 3 aromatic carbocycles. The topological polar surface area (TPSA) is 32.7 Å². The molecule has 1 N–H and O–H groups in total. The highest BCUT2D eigenvalue weighted by molar-refractivity contribution is 5.98. The van der Waals surface area contributed by atoms with Gasteiger partial charge in [0.15, 0.2) is 0 Å². The third-order valence-corrected chi connectivity index (χ3v) is 4.95. The van der Waals surface area contributed by atoms with Crippen molar-refractivity contribution >= 4 is 11.1 Å². The number of aromatic hydroxyl groups is 1. The number of phenolic OH excluding ortho intramolecular Hbond substituents is 1. The molecule has 0 saturated heterocycles. The van der Waals surface area contributed by atoms with Crippen LogP contribution in [0.25, 0.3) is 11.1 Å². The van der Waals surface area contributed by atoms with Crippen LogP contribution in [0.15, 0.2) is 72.8 Å². The number of likely N-dealkylation sites (N-methyl/N-ethyl adjacent to an activating group) is 1. The Labute approximate surface area is 178 Å². The van der Waals surface area contributed by atoms with E-state index in [4.69, 9.17) is 4.74 Å². The molecule has 156 valence electrons. The highest BCUT2D eigenvalue weighted by Gasteiger charge is 2.13. The van der Waals surface area contributed by atoms with E-state index in [1.54, 1.807) is 12.1 Å². The quantitative estimate of drug-likeness (QED) is 0.478. The maximum absolute atomic E-state index is 13.5. The van der Waals surface area contributed by atoms with Crippen LogP contribution < -0.4 is 4.74 Å². The van der Waals surface area contributed by atoms with Gasteiger partial charge in [0, 0.05) is 6.54 Å². The van der Waals surface area contributed by atoms with Crippen molar-refractivity contribution < 1.29 is 14.2 Å². The van der Waals surface area contributed by atoms with E-state index in [1.807, 2.05) is 62.6 Å². The van der Waals surface area contributed by atoms with Crippen LogP contribution >= 0.6 is 0 Å². The first-order valence-electron chi connectivity index (χ1n) is 10.1. The van der Waals surface area contributed by atoms with Crippen molar-refractivity contribution in [3.8, 4) is 11.5 Å². The maximum Gasteiger partial charge on any atom is 0.123 e. The van der Waals surface area contributed by atoms with Crippen molar-refractivity contribution in [3.05, 3.63) is 95.3 Å². The summed E-state index contributed by atoms with van der Waals surface area (Å²) in [6, 6.07) is 21.8. The lowest BCUT2D eigenvalue weighted by atomic mass is 9.88. The molecule has 0 unspecified atom stereocenters. The normalized spacial score (nSPS) is 12.0. The fourth-order valence-corrected chi connectivity index (χ4v) is 3.38. The third kappa shape index (κ3) is 5.49. The van der Waals surface area contributed by atoms with Crippen LogP contribution in [0.5, 0.6) is 11.5 Å². The van der Waals surface area contributed by atoms with E-state index in [2.05, 4.69) is 11.8 Å². The van der Waals surface area contributed by atoms with Crippen molar-refractivity contribution in [2.45, 2.75) is 13.3 Å². The van der Waals surface area contributed by atoms with Crippen molar-refractivity contribution in [2.24, 2.45) is 0 Å². The molecule has 0 spiro atoms. The van der Waals surface area contributed by atoms with Gasteiger partial charge < -0.3 is 14.7 Å². The first-order valence-corrected chi connectivity index (χ1v) is 10.1. The van der Waals surface area contributed by atoms with E-state index in [-0.39, 0.29) is 11.6 Å². The first-order chi connectivity index (χ1) is 14.5. The maximum atomic E-state index is 13.5. The zero-order chi connectivity index (χ0) is 21.5. The number of hydrogen-bond acceptors (Lipinski definition) is 3. The van der Waals surface area contributed by atoms with Gasteiger partial charge in [0.2, 0.25) is 0 Å². The minimum absolute atomic E-state index is 0.225. The van der Waals surface area contributed by atoms with Gasteiger partial charge in [-0.05, 0) is 84.8 Å². The number of benzene rings is 3. The lowest BCUT2D eigenvalue weighted by Gasteiger charge is -2.17. The molecule has 30 heavy (non-hydrogen) atoms. The average Bonchev–Trinajstić information content (AvgIpc) is 2.74. The molecule has 0 amide bonds. The van der Waals surface area contributed by atoms with Crippen LogP contribution in [0.1, 0.15) is 30.0 Å². The number of hydrogen-bond donors (Lipinski definition) is 1. The lowest BCUT2D eigenvalue weighted by Crippen LogP contribution is -2.19. The number of halogens is 1.